The number of amides is 1. The van der Waals surface area contributed by atoms with Crippen molar-refractivity contribution in [1.29, 1.82) is 0 Å². The van der Waals surface area contributed by atoms with Crippen LogP contribution in [0.1, 0.15) is 115 Å². The van der Waals surface area contributed by atoms with Crippen molar-refractivity contribution in [1.82, 2.24) is 0 Å². The summed E-state index contributed by atoms with van der Waals surface area (Å²) in [7, 11) is 1.32. The van der Waals surface area contributed by atoms with Crippen molar-refractivity contribution in [3.63, 3.8) is 0 Å². The Morgan fingerprint density at radius 2 is 1.41 bits per heavy atom. The topological polar surface area (TPSA) is 63.7 Å². The number of halogens is 1. The zero-order chi connectivity index (χ0) is 27.6. The van der Waals surface area contributed by atoms with Crippen molar-refractivity contribution in [3.05, 3.63) is 27.7 Å². The normalized spacial score (nSPS) is 11.8. The highest BCUT2D eigenvalue weighted by Gasteiger charge is 2.31. The molecular weight excluding hydrogens is 550 g/mol. The van der Waals surface area contributed by atoms with Gasteiger partial charge in [-0.2, -0.15) is 0 Å². The molecule has 7 heteroatoms. The molecule has 0 aromatic heterocycles. The van der Waals surface area contributed by atoms with Crippen LogP contribution in [0, 0.1) is 13.8 Å². The third-order valence-corrected chi connectivity index (χ3v) is 8.62. The monoisotopic (exact) mass is 597 g/mol. The zero-order valence-electron chi connectivity index (χ0n) is 23.7. The minimum Gasteiger partial charge on any atom is -0.467 e. The molecule has 0 N–H and O–H groups in total. The van der Waals surface area contributed by atoms with Gasteiger partial charge in [0, 0.05) is 10.9 Å². The number of nitrogens with zero attached hydrogens (tertiary/aromatic N) is 1. The SMILES string of the molecule is CCCCCCCCCCCCCCCC(=O)SCC(=O)N(c1c(C)ccc(Br)c1C)[C@@H](C)C(=O)OC. The number of esters is 1. The fourth-order valence-corrected chi connectivity index (χ4v) is 5.60. The van der Waals surface area contributed by atoms with E-state index in [9.17, 15) is 14.4 Å². The van der Waals surface area contributed by atoms with E-state index in [1.165, 1.54) is 82.6 Å². The zero-order valence-corrected chi connectivity index (χ0v) is 26.1. The Balaban J connectivity index is 2.39. The van der Waals surface area contributed by atoms with Crippen molar-refractivity contribution >= 4 is 50.4 Å². The third-order valence-electron chi connectivity index (χ3n) is 6.85. The Hall–Kier alpha value is -1.34. The number of anilines is 1. The van der Waals surface area contributed by atoms with E-state index in [1.807, 2.05) is 26.0 Å². The Bertz CT molecular complexity index is 845. The molecule has 1 aromatic carbocycles. The molecule has 0 saturated carbocycles. The molecular formula is C30H48BrNO4S. The van der Waals surface area contributed by atoms with E-state index >= 15 is 0 Å². The summed E-state index contributed by atoms with van der Waals surface area (Å²) in [5.74, 6) is -0.759. The van der Waals surface area contributed by atoms with Crippen molar-refractivity contribution in [2.24, 2.45) is 0 Å². The maximum Gasteiger partial charge on any atom is 0.328 e. The van der Waals surface area contributed by atoms with Crippen molar-refractivity contribution in [3.8, 4) is 0 Å². The van der Waals surface area contributed by atoms with E-state index in [4.69, 9.17) is 4.74 Å². The molecule has 0 unspecified atom stereocenters. The smallest absolute Gasteiger partial charge is 0.328 e. The molecule has 0 fully saturated rings. The van der Waals surface area contributed by atoms with Gasteiger partial charge >= 0.3 is 5.97 Å². The quantitative estimate of drug-likeness (QED) is 0.118. The van der Waals surface area contributed by atoms with Crippen LogP contribution in [0.4, 0.5) is 5.69 Å². The van der Waals surface area contributed by atoms with Gasteiger partial charge in [0.05, 0.1) is 18.6 Å². The van der Waals surface area contributed by atoms with Crippen LogP contribution in [0.25, 0.3) is 0 Å². The van der Waals surface area contributed by atoms with Gasteiger partial charge in [0.2, 0.25) is 5.91 Å². The maximum absolute atomic E-state index is 13.2. The van der Waals surface area contributed by atoms with Crippen LogP contribution in [-0.2, 0) is 19.1 Å². The number of thioether (sulfide) groups is 1. The van der Waals surface area contributed by atoms with Crippen LogP contribution < -0.4 is 4.90 Å². The molecule has 0 spiro atoms. The van der Waals surface area contributed by atoms with E-state index in [0.29, 0.717) is 12.1 Å². The van der Waals surface area contributed by atoms with Gasteiger partial charge in [-0.15, -0.1) is 0 Å². The summed E-state index contributed by atoms with van der Waals surface area (Å²) >= 11 is 4.57. The lowest BCUT2D eigenvalue weighted by Gasteiger charge is -2.30. The molecule has 1 aromatic rings. The number of methoxy groups -OCH3 is 1. The lowest BCUT2D eigenvalue weighted by atomic mass is 10.0. The molecule has 1 amide bonds. The second-order valence-electron chi connectivity index (χ2n) is 9.95. The first-order chi connectivity index (χ1) is 17.7. The van der Waals surface area contributed by atoms with Crippen molar-refractivity contribution < 1.29 is 19.1 Å². The van der Waals surface area contributed by atoms with Gasteiger partial charge in [0.25, 0.3) is 0 Å². The first-order valence-electron chi connectivity index (χ1n) is 14.1. The number of hydrogen-bond donors (Lipinski definition) is 0. The molecule has 0 bridgehead atoms. The standard InChI is InChI=1S/C30H48BrNO4S/c1-6-7-8-9-10-11-12-13-14-15-16-17-18-19-28(34)37-22-27(33)32(25(4)30(35)36-5)29-23(2)20-21-26(31)24(29)3/h20-21,25H,6-19,22H2,1-5H3/t25-/m0/s1. The number of aryl methyl sites for hydroxylation is 1. The number of rotatable bonds is 19. The average molecular weight is 599 g/mol. The van der Waals surface area contributed by atoms with Gasteiger partial charge in [-0.25, -0.2) is 4.79 Å². The molecule has 0 radical (unpaired) electrons. The Labute approximate surface area is 238 Å². The number of hydrogen-bond acceptors (Lipinski definition) is 5. The van der Waals surface area contributed by atoms with Gasteiger partial charge in [0.1, 0.15) is 6.04 Å². The predicted molar refractivity (Wildman–Crippen MR) is 160 cm³/mol. The average Bonchev–Trinajstić information content (AvgIpc) is 2.89. The summed E-state index contributed by atoms with van der Waals surface area (Å²) in [5, 5.41) is 0.0322. The second kappa shape index (κ2) is 19.7. The number of carbonyl (C=O) groups is 3. The van der Waals surface area contributed by atoms with E-state index in [1.54, 1.807) is 6.92 Å². The van der Waals surface area contributed by atoms with Crippen molar-refractivity contribution in [2.45, 2.75) is 124 Å². The van der Waals surface area contributed by atoms with Crippen molar-refractivity contribution in [2.75, 3.05) is 17.8 Å². The summed E-state index contributed by atoms with van der Waals surface area (Å²) in [4.78, 5) is 39.5. The lowest BCUT2D eigenvalue weighted by Crippen LogP contribution is -2.45. The molecule has 0 aliphatic rings. The minimum absolute atomic E-state index is 0.00397. The summed E-state index contributed by atoms with van der Waals surface area (Å²) in [6.07, 6.45) is 17.0. The van der Waals surface area contributed by atoms with E-state index in [2.05, 4.69) is 22.9 Å². The summed E-state index contributed by atoms with van der Waals surface area (Å²) < 4.78 is 5.77. The van der Waals surface area contributed by atoms with Crippen LogP contribution in [0.15, 0.2) is 16.6 Å². The van der Waals surface area contributed by atoms with Crippen LogP contribution in [-0.4, -0.2) is 35.9 Å². The van der Waals surface area contributed by atoms with Gasteiger partial charge in [0.15, 0.2) is 5.12 Å². The van der Waals surface area contributed by atoms with Gasteiger partial charge in [-0.1, -0.05) is 118 Å². The summed E-state index contributed by atoms with van der Waals surface area (Å²) in [5.41, 5.74) is 2.43. The molecule has 0 saturated heterocycles. The molecule has 210 valence electrons. The largest absolute Gasteiger partial charge is 0.467 e. The highest BCUT2D eigenvalue weighted by molar-refractivity contribution is 9.10. The van der Waals surface area contributed by atoms with E-state index in [-0.39, 0.29) is 16.8 Å². The van der Waals surface area contributed by atoms with Crippen LogP contribution in [0.5, 0.6) is 0 Å². The Morgan fingerprint density at radius 3 is 1.92 bits per heavy atom. The lowest BCUT2D eigenvalue weighted by molar-refractivity contribution is -0.142. The first-order valence-corrected chi connectivity index (χ1v) is 15.8. The highest BCUT2D eigenvalue weighted by atomic mass is 79.9. The van der Waals surface area contributed by atoms with Crippen LogP contribution in [0.2, 0.25) is 0 Å². The maximum atomic E-state index is 13.2. The number of unbranched alkanes of at least 4 members (excludes halogenated alkanes) is 12. The summed E-state index contributed by atoms with van der Waals surface area (Å²) in [6.45, 7) is 7.73. The van der Waals surface area contributed by atoms with Gasteiger partial charge in [-0.3, -0.25) is 14.5 Å². The van der Waals surface area contributed by atoms with Crippen LogP contribution >= 0.6 is 27.7 Å². The highest BCUT2D eigenvalue weighted by Crippen LogP contribution is 2.33. The number of carbonyl (C=O) groups excluding carboxylic acids is 3. The fraction of sp³-hybridized carbons (Fsp3) is 0.700. The van der Waals surface area contributed by atoms with Crippen LogP contribution in [0.3, 0.4) is 0 Å². The van der Waals surface area contributed by atoms with Gasteiger partial charge in [-0.05, 0) is 44.4 Å². The Kier molecular flexibility index (Phi) is 17.9. The molecule has 1 atom stereocenters. The number of ether oxygens (including phenoxy) is 1. The minimum atomic E-state index is -0.791. The molecule has 0 aliphatic heterocycles. The molecule has 5 nitrogen and oxygen atoms in total. The molecule has 0 aliphatic carbocycles. The van der Waals surface area contributed by atoms with Gasteiger partial charge < -0.3 is 4.74 Å². The number of benzene rings is 1. The molecule has 37 heavy (non-hydrogen) atoms. The van der Waals surface area contributed by atoms with E-state index < -0.39 is 12.0 Å². The Morgan fingerprint density at radius 1 is 0.892 bits per heavy atom. The summed E-state index contributed by atoms with van der Waals surface area (Å²) in [6, 6.07) is 3.04. The second-order valence-corrected chi connectivity index (χ2v) is 11.8. The third kappa shape index (κ3) is 12.8. The molecule has 1 rings (SSSR count). The predicted octanol–water partition coefficient (Wildman–Crippen LogP) is 8.70. The fourth-order valence-electron chi connectivity index (χ4n) is 4.56. The molecule has 0 heterocycles. The first kappa shape index (κ1) is 33.7. The van der Waals surface area contributed by atoms with E-state index in [0.717, 1.165) is 40.2 Å².